The molecule has 3 aromatic carbocycles. The highest BCUT2D eigenvalue weighted by atomic mass is 79.9. The number of ketones is 2. The van der Waals surface area contributed by atoms with Gasteiger partial charge in [0.25, 0.3) is 5.69 Å². The second-order valence-electron chi connectivity index (χ2n) is 10.9. The van der Waals surface area contributed by atoms with Crippen molar-refractivity contribution < 1.29 is 29.2 Å². The average molecular weight is 625 g/mol. The maximum atomic E-state index is 14.0. The van der Waals surface area contributed by atoms with Gasteiger partial charge in [-0.25, -0.2) is 4.90 Å². The zero-order chi connectivity index (χ0) is 29.4. The number of nitro groups is 1. The SMILES string of the molecule is O=C1C=C(Br)C(=O)C2=C1[C@@H](c1ccc(O)c3ccccc13)C1=CC[C@@H]3C(=O)N(c4cccc([N+](=O)[O-])c4)C(=O)[C@@H]3[C@@H]1C2. The number of carbonyl (C=O) groups is 4. The second kappa shape index (κ2) is 9.42. The molecule has 0 unspecified atom stereocenters. The molecule has 1 saturated heterocycles. The molecule has 0 bridgehead atoms. The first-order valence-corrected chi connectivity index (χ1v) is 14.2. The Morgan fingerprint density at radius 3 is 2.45 bits per heavy atom. The fraction of sp³-hybridized carbons (Fsp3) is 0.188. The van der Waals surface area contributed by atoms with Crippen molar-refractivity contribution in [1.82, 2.24) is 0 Å². The number of aromatic hydroxyl groups is 1. The molecule has 208 valence electrons. The Kier molecular flexibility index (Phi) is 5.88. The fourth-order valence-corrected chi connectivity index (χ4v) is 7.57. The molecular weight excluding hydrogens is 604 g/mol. The lowest BCUT2D eigenvalue weighted by atomic mass is 9.59. The van der Waals surface area contributed by atoms with E-state index in [0.717, 1.165) is 10.5 Å². The summed E-state index contributed by atoms with van der Waals surface area (Å²) in [6, 6.07) is 16.0. The van der Waals surface area contributed by atoms with E-state index in [1.54, 1.807) is 24.3 Å². The van der Waals surface area contributed by atoms with Crippen LogP contribution in [0, 0.1) is 27.9 Å². The van der Waals surface area contributed by atoms with Crippen LogP contribution in [0.5, 0.6) is 5.75 Å². The van der Waals surface area contributed by atoms with Gasteiger partial charge in [-0.15, -0.1) is 0 Å². The Bertz CT molecular complexity index is 1910. The third kappa shape index (κ3) is 3.68. The Labute approximate surface area is 247 Å². The summed E-state index contributed by atoms with van der Waals surface area (Å²) in [5, 5.41) is 23.3. The van der Waals surface area contributed by atoms with Gasteiger partial charge in [0.1, 0.15) is 5.75 Å². The first-order valence-electron chi connectivity index (χ1n) is 13.4. The van der Waals surface area contributed by atoms with Gasteiger partial charge in [0.05, 0.1) is 26.9 Å². The standard InChI is InChI=1S/C32H21BrN2O7/c33-24-14-26(37)29-23(30(24)38)13-22-20(27(29)19-10-11-25(36)18-7-2-1-6-17(18)19)8-9-21-28(22)32(40)34(31(21)39)15-4-3-5-16(12-15)35(41)42/h1-8,10-12,14,21-22,27-28,36H,9,13H2/t21-,22+,27-,28-/m0/s1. The molecule has 3 aliphatic carbocycles. The van der Waals surface area contributed by atoms with Crippen molar-refractivity contribution in [3.63, 3.8) is 0 Å². The number of carbonyl (C=O) groups excluding carboxylic acids is 4. The lowest BCUT2D eigenvalue weighted by Crippen LogP contribution is -2.39. The normalized spacial score (nSPS) is 25.2. The number of halogens is 1. The van der Waals surface area contributed by atoms with Crippen LogP contribution in [0.15, 0.2) is 94.0 Å². The number of allylic oxidation sites excluding steroid dienone is 6. The number of phenolic OH excluding ortho intramolecular Hbond substituents is 1. The molecule has 1 aliphatic heterocycles. The van der Waals surface area contributed by atoms with Crippen LogP contribution in [0.3, 0.4) is 0 Å². The van der Waals surface area contributed by atoms with Crippen molar-refractivity contribution in [1.29, 1.82) is 0 Å². The molecule has 3 aromatic rings. The molecule has 2 amide bonds. The number of rotatable bonds is 3. The highest BCUT2D eigenvalue weighted by Crippen LogP contribution is 2.56. The van der Waals surface area contributed by atoms with Gasteiger partial charge in [-0.05, 0) is 57.8 Å². The monoisotopic (exact) mass is 624 g/mol. The van der Waals surface area contributed by atoms with Crippen LogP contribution in [-0.2, 0) is 19.2 Å². The molecule has 0 spiro atoms. The third-order valence-electron chi connectivity index (χ3n) is 8.88. The van der Waals surface area contributed by atoms with Gasteiger partial charge in [0, 0.05) is 40.7 Å². The van der Waals surface area contributed by atoms with Gasteiger partial charge in [-0.3, -0.25) is 29.3 Å². The van der Waals surface area contributed by atoms with E-state index in [4.69, 9.17) is 0 Å². The van der Waals surface area contributed by atoms with E-state index >= 15 is 0 Å². The first-order chi connectivity index (χ1) is 20.2. The van der Waals surface area contributed by atoms with Crippen molar-refractivity contribution in [3.05, 3.63) is 110 Å². The fourth-order valence-electron chi connectivity index (χ4n) is 7.12. The predicted octanol–water partition coefficient (Wildman–Crippen LogP) is 5.42. The quantitative estimate of drug-likeness (QED) is 0.135. The number of hydrogen-bond acceptors (Lipinski definition) is 7. The minimum absolute atomic E-state index is 0.0754. The molecule has 4 atom stereocenters. The van der Waals surface area contributed by atoms with E-state index < -0.39 is 40.4 Å². The predicted molar refractivity (Wildman–Crippen MR) is 156 cm³/mol. The summed E-state index contributed by atoms with van der Waals surface area (Å²) in [5.74, 6) is -4.26. The number of Topliss-reactive ketones (excluding diaryl/α,β-unsaturated/α-hetero) is 1. The lowest BCUT2D eigenvalue weighted by molar-refractivity contribution is -0.384. The highest BCUT2D eigenvalue weighted by Gasteiger charge is 2.57. The first kappa shape index (κ1) is 26.2. The maximum Gasteiger partial charge on any atom is 0.271 e. The molecule has 7 rings (SSSR count). The minimum Gasteiger partial charge on any atom is -0.507 e. The van der Waals surface area contributed by atoms with Gasteiger partial charge in [0.2, 0.25) is 11.8 Å². The van der Waals surface area contributed by atoms with Crippen LogP contribution in [0.1, 0.15) is 24.3 Å². The average Bonchev–Trinajstić information content (AvgIpc) is 3.25. The molecule has 10 heteroatoms. The maximum absolute atomic E-state index is 14.0. The van der Waals surface area contributed by atoms with Gasteiger partial charge in [-0.2, -0.15) is 0 Å². The lowest BCUT2D eigenvalue weighted by Gasteiger charge is -2.42. The van der Waals surface area contributed by atoms with Crippen LogP contribution < -0.4 is 4.90 Å². The zero-order valence-electron chi connectivity index (χ0n) is 21.8. The number of imide groups is 1. The molecular formula is C32H21BrN2O7. The van der Waals surface area contributed by atoms with Gasteiger partial charge in [0.15, 0.2) is 11.6 Å². The zero-order valence-corrected chi connectivity index (χ0v) is 23.4. The number of fused-ring (bicyclic) bond motifs is 4. The van der Waals surface area contributed by atoms with Crippen LogP contribution in [0.2, 0.25) is 0 Å². The summed E-state index contributed by atoms with van der Waals surface area (Å²) in [5.41, 5.74) is 2.02. The van der Waals surface area contributed by atoms with Gasteiger partial charge < -0.3 is 5.11 Å². The summed E-state index contributed by atoms with van der Waals surface area (Å²) in [6.45, 7) is 0. The minimum atomic E-state index is -0.815. The summed E-state index contributed by atoms with van der Waals surface area (Å²) < 4.78 is 0.132. The summed E-state index contributed by atoms with van der Waals surface area (Å²) in [6.07, 6.45) is 3.53. The molecule has 1 heterocycles. The number of hydrogen-bond donors (Lipinski definition) is 1. The summed E-state index contributed by atoms with van der Waals surface area (Å²) in [4.78, 5) is 66.6. The van der Waals surface area contributed by atoms with Gasteiger partial charge in [-0.1, -0.05) is 48.0 Å². The Balaban J connectivity index is 1.40. The molecule has 9 nitrogen and oxygen atoms in total. The molecule has 4 aliphatic rings. The summed E-state index contributed by atoms with van der Waals surface area (Å²) in [7, 11) is 0. The van der Waals surface area contributed by atoms with E-state index in [9.17, 15) is 34.4 Å². The van der Waals surface area contributed by atoms with Crippen molar-refractivity contribution in [2.75, 3.05) is 4.90 Å². The molecule has 0 saturated carbocycles. The number of nitro benzene ring substituents is 1. The Morgan fingerprint density at radius 1 is 0.929 bits per heavy atom. The largest absolute Gasteiger partial charge is 0.507 e. The highest BCUT2D eigenvalue weighted by molar-refractivity contribution is 9.12. The smallest absolute Gasteiger partial charge is 0.271 e. The van der Waals surface area contributed by atoms with Crippen LogP contribution in [0.25, 0.3) is 10.8 Å². The van der Waals surface area contributed by atoms with Crippen molar-refractivity contribution in [3.8, 4) is 5.75 Å². The number of non-ortho nitro benzene ring substituents is 1. The van der Waals surface area contributed by atoms with Crippen molar-refractivity contribution in [2.45, 2.75) is 18.8 Å². The van der Waals surface area contributed by atoms with E-state index in [1.807, 2.05) is 18.2 Å². The van der Waals surface area contributed by atoms with E-state index in [-0.39, 0.29) is 46.0 Å². The summed E-state index contributed by atoms with van der Waals surface area (Å²) >= 11 is 3.23. The molecule has 1 N–H and O–H groups in total. The third-order valence-corrected chi connectivity index (χ3v) is 9.46. The number of phenols is 1. The number of amides is 2. The van der Waals surface area contributed by atoms with E-state index in [2.05, 4.69) is 15.9 Å². The van der Waals surface area contributed by atoms with Crippen LogP contribution >= 0.6 is 15.9 Å². The second-order valence-corrected chi connectivity index (χ2v) is 11.8. The van der Waals surface area contributed by atoms with Crippen molar-refractivity contribution >= 4 is 61.5 Å². The van der Waals surface area contributed by atoms with Gasteiger partial charge >= 0.3 is 0 Å². The molecule has 42 heavy (non-hydrogen) atoms. The topological polar surface area (TPSA) is 135 Å². The van der Waals surface area contributed by atoms with Crippen LogP contribution in [0.4, 0.5) is 11.4 Å². The number of benzene rings is 3. The molecule has 1 fully saturated rings. The van der Waals surface area contributed by atoms with E-state index in [0.29, 0.717) is 27.5 Å². The Hall–Kier alpha value is -4.70. The van der Waals surface area contributed by atoms with Crippen molar-refractivity contribution in [2.24, 2.45) is 17.8 Å². The van der Waals surface area contributed by atoms with E-state index in [1.165, 1.54) is 30.3 Å². The molecule has 0 radical (unpaired) electrons. The van der Waals surface area contributed by atoms with Crippen LogP contribution in [-0.4, -0.2) is 33.4 Å². The number of nitrogens with zero attached hydrogens (tertiary/aromatic N) is 2. The Morgan fingerprint density at radius 2 is 1.69 bits per heavy atom. The number of anilines is 1. The molecule has 0 aromatic heterocycles.